The number of aryl methyl sites for hydroxylation is 1. The standard InChI is InChI=1S/C13H15NO3/c1-2-10-4-3-5-12(8-10)17-13(16)14-7-6-11(15)9-14/h3-5,8H,2,6-7,9H2,1H3. The largest absolute Gasteiger partial charge is 0.415 e. The van der Waals surface area contributed by atoms with Crippen LogP contribution in [0.3, 0.4) is 0 Å². The molecule has 2 rings (SSSR count). The number of amides is 1. The summed E-state index contributed by atoms with van der Waals surface area (Å²) in [5.41, 5.74) is 1.12. The summed E-state index contributed by atoms with van der Waals surface area (Å²) in [6.07, 6.45) is 0.890. The number of hydrogen-bond acceptors (Lipinski definition) is 3. The maximum absolute atomic E-state index is 11.7. The number of carbonyl (C=O) groups excluding carboxylic acids is 2. The predicted molar refractivity (Wildman–Crippen MR) is 63.0 cm³/mol. The van der Waals surface area contributed by atoms with Crippen LogP contribution in [0.25, 0.3) is 0 Å². The van der Waals surface area contributed by atoms with Crippen molar-refractivity contribution >= 4 is 11.9 Å². The van der Waals surface area contributed by atoms with E-state index in [0.29, 0.717) is 18.7 Å². The van der Waals surface area contributed by atoms with E-state index in [2.05, 4.69) is 0 Å². The number of benzene rings is 1. The molecule has 0 unspecified atom stereocenters. The lowest BCUT2D eigenvalue weighted by Gasteiger charge is -2.14. The molecule has 17 heavy (non-hydrogen) atoms. The van der Waals surface area contributed by atoms with Gasteiger partial charge in [0.25, 0.3) is 0 Å². The monoisotopic (exact) mass is 233 g/mol. The highest BCUT2D eigenvalue weighted by Crippen LogP contribution is 2.16. The maximum Gasteiger partial charge on any atom is 0.415 e. The van der Waals surface area contributed by atoms with E-state index in [-0.39, 0.29) is 12.3 Å². The third-order valence-electron chi connectivity index (χ3n) is 2.80. The molecule has 0 aromatic heterocycles. The second-order valence-corrected chi connectivity index (χ2v) is 4.08. The summed E-state index contributed by atoms with van der Waals surface area (Å²) < 4.78 is 5.22. The zero-order valence-electron chi connectivity index (χ0n) is 9.81. The summed E-state index contributed by atoms with van der Waals surface area (Å²) in [4.78, 5) is 24.2. The van der Waals surface area contributed by atoms with Crippen LogP contribution in [0, 0.1) is 0 Å². The van der Waals surface area contributed by atoms with Crippen LogP contribution >= 0.6 is 0 Å². The molecule has 0 spiro atoms. The van der Waals surface area contributed by atoms with E-state index in [0.717, 1.165) is 12.0 Å². The molecule has 1 aliphatic heterocycles. The number of rotatable bonds is 2. The Labute approximate surface area is 100 Å². The minimum Gasteiger partial charge on any atom is -0.410 e. The molecular formula is C13H15NO3. The van der Waals surface area contributed by atoms with E-state index in [4.69, 9.17) is 4.74 Å². The minimum absolute atomic E-state index is 0.0873. The van der Waals surface area contributed by atoms with Crippen molar-refractivity contribution in [3.05, 3.63) is 29.8 Å². The highest BCUT2D eigenvalue weighted by atomic mass is 16.6. The lowest BCUT2D eigenvalue weighted by molar-refractivity contribution is -0.116. The number of ketones is 1. The molecule has 0 aliphatic carbocycles. The number of Topliss-reactive ketones (excluding diaryl/α,β-unsaturated/α-hetero) is 1. The van der Waals surface area contributed by atoms with Crippen molar-refractivity contribution in [3.63, 3.8) is 0 Å². The average Bonchev–Trinajstić information content (AvgIpc) is 2.76. The van der Waals surface area contributed by atoms with Crippen LogP contribution in [0.1, 0.15) is 18.9 Å². The topological polar surface area (TPSA) is 46.6 Å². The first-order valence-corrected chi connectivity index (χ1v) is 5.76. The predicted octanol–water partition coefficient (Wildman–Crippen LogP) is 2.02. The molecule has 1 fully saturated rings. The second kappa shape index (κ2) is 4.99. The Morgan fingerprint density at radius 2 is 2.29 bits per heavy atom. The van der Waals surface area contributed by atoms with Crippen molar-refractivity contribution in [2.75, 3.05) is 13.1 Å². The summed E-state index contributed by atoms with van der Waals surface area (Å²) in [6, 6.07) is 7.43. The van der Waals surface area contributed by atoms with Gasteiger partial charge in [-0.2, -0.15) is 0 Å². The molecule has 1 aromatic rings. The van der Waals surface area contributed by atoms with Crippen molar-refractivity contribution in [2.45, 2.75) is 19.8 Å². The quantitative estimate of drug-likeness (QED) is 0.785. The van der Waals surface area contributed by atoms with Crippen LogP contribution in [0.15, 0.2) is 24.3 Å². The van der Waals surface area contributed by atoms with E-state index in [9.17, 15) is 9.59 Å². The molecule has 1 amide bonds. The lowest BCUT2D eigenvalue weighted by Crippen LogP contribution is -2.31. The molecule has 0 saturated carbocycles. The Bertz CT molecular complexity index is 442. The zero-order valence-corrected chi connectivity index (χ0v) is 9.81. The summed E-state index contributed by atoms with van der Waals surface area (Å²) >= 11 is 0. The molecule has 1 aromatic carbocycles. The molecule has 0 bridgehead atoms. The van der Waals surface area contributed by atoms with Gasteiger partial charge in [0.1, 0.15) is 5.75 Å². The Kier molecular flexibility index (Phi) is 3.42. The summed E-state index contributed by atoms with van der Waals surface area (Å²) in [5, 5.41) is 0. The number of likely N-dealkylation sites (tertiary alicyclic amines) is 1. The third-order valence-corrected chi connectivity index (χ3v) is 2.80. The van der Waals surface area contributed by atoms with Crippen molar-refractivity contribution < 1.29 is 14.3 Å². The van der Waals surface area contributed by atoms with E-state index in [1.807, 2.05) is 25.1 Å². The van der Waals surface area contributed by atoms with Crippen molar-refractivity contribution in [1.29, 1.82) is 0 Å². The van der Waals surface area contributed by atoms with Gasteiger partial charge >= 0.3 is 6.09 Å². The van der Waals surface area contributed by atoms with E-state index in [1.54, 1.807) is 6.07 Å². The number of nitrogens with zero attached hydrogens (tertiary/aromatic N) is 1. The fraction of sp³-hybridized carbons (Fsp3) is 0.385. The van der Waals surface area contributed by atoms with Crippen LogP contribution in [-0.2, 0) is 11.2 Å². The Morgan fingerprint density at radius 1 is 1.47 bits per heavy atom. The molecule has 4 heteroatoms. The molecule has 0 N–H and O–H groups in total. The van der Waals surface area contributed by atoms with Gasteiger partial charge in [0.05, 0.1) is 6.54 Å². The Balaban J connectivity index is 2.00. The van der Waals surface area contributed by atoms with Crippen LogP contribution in [0.2, 0.25) is 0 Å². The van der Waals surface area contributed by atoms with Gasteiger partial charge in [-0.25, -0.2) is 4.79 Å². The van der Waals surface area contributed by atoms with Crippen molar-refractivity contribution in [2.24, 2.45) is 0 Å². The highest BCUT2D eigenvalue weighted by molar-refractivity contribution is 5.87. The third kappa shape index (κ3) is 2.84. The maximum atomic E-state index is 11.7. The Morgan fingerprint density at radius 3 is 2.94 bits per heavy atom. The van der Waals surface area contributed by atoms with Gasteiger partial charge in [0.15, 0.2) is 5.78 Å². The summed E-state index contributed by atoms with van der Waals surface area (Å²) in [6.45, 7) is 2.68. The first-order valence-electron chi connectivity index (χ1n) is 5.76. The number of ether oxygens (including phenoxy) is 1. The van der Waals surface area contributed by atoms with Gasteiger partial charge in [0.2, 0.25) is 0 Å². The van der Waals surface area contributed by atoms with Gasteiger partial charge in [0, 0.05) is 13.0 Å². The van der Waals surface area contributed by atoms with Gasteiger partial charge in [-0.3, -0.25) is 4.79 Å². The van der Waals surface area contributed by atoms with Crippen molar-refractivity contribution in [1.82, 2.24) is 4.90 Å². The van der Waals surface area contributed by atoms with Gasteiger partial charge in [-0.05, 0) is 24.1 Å². The SMILES string of the molecule is CCc1cccc(OC(=O)N2CCC(=O)C2)c1. The fourth-order valence-corrected chi connectivity index (χ4v) is 1.78. The highest BCUT2D eigenvalue weighted by Gasteiger charge is 2.25. The van der Waals surface area contributed by atoms with Crippen LogP contribution < -0.4 is 4.74 Å². The number of hydrogen-bond donors (Lipinski definition) is 0. The molecule has 0 radical (unpaired) electrons. The molecule has 1 aliphatic rings. The molecule has 1 heterocycles. The van der Waals surface area contributed by atoms with E-state index in [1.165, 1.54) is 4.90 Å². The second-order valence-electron chi connectivity index (χ2n) is 4.08. The lowest BCUT2D eigenvalue weighted by atomic mass is 10.2. The zero-order chi connectivity index (χ0) is 12.3. The first-order chi connectivity index (χ1) is 8.19. The molecule has 0 atom stereocenters. The van der Waals surface area contributed by atoms with Crippen LogP contribution in [-0.4, -0.2) is 29.9 Å². The fourth-order valence-electron chi connectivity index (χ4n) is 1.78. The molecule has 90 valence electrons. The minimum atomic E-state index is -0.441. The van der Waals surface area contributed by atoms with Crippen LogP contribution in [0.5, 0.6) is 5.75 Å². The average molecular weight is 233 g/mol. The van der Waals surface area contributed by atoms with E-state index >= 15 is 0 Å². The number of carbonyl (C=O) groups is 2. The smallest absolute Gasteiger partial charge is 0.410 e. The molecular weight excluding hydrogens is 218 g/mol. The molecule has 4 nitrogen and oxygen atoms in total. The Hall–Kier alpha value is -1.84. The summed E-state index contributed by atoms with van der Waals surface area (Å²) in [5.74, 6) is 0.623. The van der Waals surface area contributed by atoms with Gasteiger partial charge in [-0.15, -0.1) is 0 Å². The van der Waals surface area contributed by atoms with Gasteiger partial charge in [-0.1, -0.05) is 19.1 Å². The normalized spacial score (nSPS) is 15.1. The van der Waals surface area contributed by atoms with Gasteiger partial charge < -0.3 is 9.64 Å². The van der Waals surface area contributed by atoms with Crippen molar-refractivity contribution in [3.8, 4) is 5.75 Å². The first kappa shape index (κ1) is 11.6. The molecule has 1 saturated heterocycles. The van der Waals surface area contributed by atoms with Crippen LogP contribution in [0.4, 0.5) is 4.79 Å². The van der Waals surface area contributed by atoms with E-state index < -0.39 is 6.09 Å². The summed E-state index contributed by atoms with van der Waals surface area (Å²) in [7, 11) is 0.